The van der Waals surface area contributed by atoms with Crippen LogP contribution in [0.4, 0.5) is 0 Å². The molecule has 1 N–H and O–H groups in total. The third-order valence-electron chi connectivity index (χ3n) is 2.94. The number of nitrogens with zero attached hydrogens (tertiary/aromatic N) is 2. The van der Waals surface area contributed by atoms with Gasteiger partial charge in [0.15, 0.2) is 11.8 Å². The van der Waals surface area contributed by atoms with Crippen molar-refractivity contribution in [3.05, 3.63) is 35.5 Å². The van der Waals surface area contributed by atoms with Crippen LogP contribution in [0.3, 0.4) is 0 Å². The molecule has 8 heteroatoms. The van der Waals surface area contributed by atoms with Crippen LogP contribution < -0.4 is 9.42 Å². The highest BCUT2D eigenvalue weighted by Crippen LogP contribution is 2.32. The second-order valence-electron chi connectivity index (χ2n) is 4.93. The molecule has 0 aliphatic rings. The van der Waals surface area contributed by atoms with Crippen LogP contribution in [0.2, 0.25) is 5.15 Å². The minimum absolute atomic E-state index is 0.284. The third-order valence-corrected chi connectivity index (χ3v) is 3.94. The van der Waals surface area contributed by atoms with Gasteiger partial charge in [-0.1, -0.05) is 36.3 Å². The van der Waals surface area contributed by atoms with E-state index in [1.165, 1.54) is 0 Å². The zero-order valence-electron chi connectivity index (χ0n) is 11.9. The van der Waals surface area contributed by atoms with Crippen LogP contribution in [0.5, 0.6) is 5.75 Å². The molecule has 0 amide bonds. The zero-order valence-corrected chi connectivity index (χ0v) is 13.6. The Kier molecular flexibility index (Phi) is 5.29. The molecular weight excluding hydrogens is 327 g/mol. The Morgan fingerprint density at radius 1 is 1.41 bits per heavy atom. The van der Waals surface area contributed by atoms with E-state index in [2.05, 4.69) is 9.73 Å². The quantitative estimate of drug-likeness (QED) is 0.666. The number of carboxylic acid groups (broad SMARTS) is 1. The molecule has 2 aromatic rings. The highest BCUT2D eigenvalue weighted by atomic mass is 35.5. The molecule has 0 aliphatic heterocycles. The van der Waals surface area contributed by atoms with E-state index in [9.17, 15) is 9.69 Å². The van der Waals surface area contributed by atoms with Crippen LogP contribution in [0, 0.1) is 5.92 Å². The van der Waals surface area contributed by atoms with Gasteiger partial charge in [-0.15, -0.1) is 0 Å². The van der Waals surface area contributed by atoms with E-state index in [0.717, 1.165) is 0 Å². The topological polar surface area (TPSA) is 94.8 Å². The van der Waals surface area contributed by atoms with Crippen molar-refractivity contribution in [2.75, 3.05) is 0 Å². The Morgan fingerprint density at radius 2 is 2.14 bits per heavy atom. The molecule has 0 radical (unpaired) electrons. The normalized spacial score (nSPS) is 13.4. The van der Waals surface area contributed by atoms with Crippen molar-refractivity contribution in [1.82, 2.24) is 4.98 Å². The van der Waals surface area contributed by atoms with Gasteiger partial charge in [0, 0.05) is 5.39 Å². The number of hydrogen-bond acceptors (Lipinski definition) is 5. The van der Waals surface area contributed by atoms with Gasteiger partial charge >= 0.3 is 14.1 Å². The summed E-state index contributed by atoms with van der Waals surface area (Å²) in [5, 5.41) is 10.0. The molecule has 1 aromatic carbocycles. The lowest BCUT2D eigenvalue weighted by atomic mass is 10.1. The van der Waals surface area contributed by atoms with Gasteiger partial charge in [0.2, 0.25) is 0 Å². The first-order valence-electron chi connectivity index (χ1n) is 6.52. The Morgan fingerprint density at radius 3 is 2.77 bits per heavy atom. The van der Waals surface area contributed by atoms with E-state index in [1.807, 2.05) is 0 Å². The number of benzene rings is 1. The monoisotopic (exact) mass is 340 g/mol. The molecule has 2 rings (SSSR count). The van der Waals surface area contributed by atoms with Gasteiger partial charge in [-0.25, -0.2) is 9.78 Å². The van der Waals surface area contributed by atoms with Crippen molar-refractivity contribution < 1.29 is 19.3 Å². The summed E-state index contributed by atoms with van der Waals surface area (Å²) >= 11 is 5.82. The summed E-state index contributed by atoms with van der Waals surface area (Å²) in [5.41, 5.74) is 0.590. The maximum atomic E-state index is 12.0. The second-order valence-corrected chi connectivity index (χ2v) is 6.20. The predicted molar refractivity (Wildman–Crippen MR) is 83.0 cm³/mol. The summed E-state index contributed by atoms with van der Waals surface area (Å²) in [4.78, 5) is 27.2. The summed E-state index contributed by atoms with van der Waals surface area (Å²) in [5.74, 6) is -1.10. The number of carbonyl (C=O) groups is 1. The summed E-state index contributed by atoms with van der Waals surface area (Å²) in [6.07, 6.45) is 0. The molecule has 0 saturated heterocycles. The van der Waals surface area contributed by atoms with Gasteiger partial charge in [0.1, 0.15) is 5.15 Å². The van der Waals surface area contributed by atoms with Crippen molar-refractivity contribution in [2.45, 2.75) is 19.9 Å². The minimum Gasteiger partial charge on any atom is -0.575 e. The predicted octanol–water partition coefficient (Wildman–Crippen LogP) is 3.23. The van der Waals surface area contributed by atoms with E-state index in [1.54, 1.807) is 44.2 Å². The van der Waals surface area contributed by atoms with Gasteiger partial charge in [-0.2, -0.15) is 0 Å². The molecular formula is C14H14ClN2O4P. The van der Waals surface area contributed by atoms with Crippen LogP contribution in [-0.2, 0) is 4.79 Å². The zero-order chi connectivity index (χ0) is 16.3. The molecule has 0 spiro atoms. The molecule has 0 fully saturated rings. The van der Waals surface area contributed by atoms with Crippen LogP contribution >= 0.6 is 19.8 Å². The lowest BCUT2D eigenvalue weighted by Gasteiger charge is -2.09. The second kappa shape index (κ2) is 7.01. The number of fused-ring (bicyclic) bond motifs is 1. The summed E-state index contributed by atoms with van der Waals surface area (Å²) in [7, 11) is -2.51. The van der Waals surface area contributed by atoms with Gasteiger partial charge in [-0.05, 0) is 30.2 Å². The lowest BCUT2D eigenvalue weighted by Crippen LogP contribution is -2.24. The molecule has 0 bridgehead atoms. The van der Waals surface area contributed by atoms with Crippen LogP contribution in [0.1, 0.15) is 13.8 Å². The Balaban J connectivity index is 2.32. The van der Waals surface area contributed by atoms with Crippen molar-refractivity contribution in [2.24, 2.45) is 10.7 Å². The summed E-state index contributed by atoms with van der Waals surface area (Å²) < 4.78 is 9.03. The number of halogens is 1. The average molecular weight is 341 g/mol. The fourth-order valence-corrected chi connectivity index (χ4v) is 2.96. The number of aromatic nitrogens is 1. The van der Waals surface area contributed by atoms with E-state index in [0.29, 0.717) is 21.8 Å². The van der Waals surface area contributed by atoms with Crippen LogP contribution in [-0.4, -0.2) is 22.1 Å². The van der Waals surface area contributed by atoms with Crippen LogP contribution in [0.25, 0.3) is 10.9 Å². The Labute approximate surface area is 133 Å². The summed E-state index contributed by atoms with van der Waals surface area (Å²) in [6.45, 7) is 3.38. The highest BCUT2D eigenvalue weighted by Gasteiger charge is 2.25. The molecule has 22 heavy (non-hydrogen) atoms. The van der Waals surface area contributed by atoms with Gasteiger partial charge in [0.25, 0.3) is 0 Å². The molecule has 1 heterocycles. The summed E-state index contributed by atoms with van der Waals surface area (Å²) in [6, 6.07) is 7.25. The number of hydrogen-bond donors (Lipinski definition) is 1. The van der Waals surface area contributed by atoms with Crippen LogP contribution in [0.15, 0.2) is 35.1 Å². The van der Waals surface area contributed by atoms with Crippen molar-refractivity contribution in [3.63, 3.8) is 0 Å². The van der Waals surface area contributed by atoms with Crippen molar-refractivity contribution >= 4 is 36.6 Å². The van der Waals surface area contributed by atoms with Crippen molar-refractivity contribution in [1.29, 1.82) is 0 Å². The third kappa shape index (κ3) is 3.91. The number of rotatable bonds is 5. The SMILES string of the molecule is CC(C)C(N=[P+]([O-])Oc1cccc2nc(Cl)ccc12)C(=O)O. The van der Waals surface area contributed by atoms with E-state index in [4.69, 9.17) is 21.2 Å². The standard InChI is InChI=1S/C14H14ClN2O4P/c1-8(2)13(14(18)19)17-22(20)21-11-5-3-4-10-9(11)6-7-12(15)16-10/h3-8,13H,1-2H3,(H,18,19). The smallest absolute Gasteiger partial charge is 0.395 e. The first kappa shape index (κ1) is 16.6. The number of pyridine rings is 1. The average Bonchev–Trinajstić information content (AvgIpc) is 2.44. The van der Waals surface area contributed by atoms with E-state index in [-0.39, 0.29) is 5.92 Å². The molecule has 0 aliphatic carbocycles. The Bertz CT molecular complexity index is 736. The fourth-order valence-electron chi connectivity index (χ4n) is 1.86. The van der Waals surface area contributed by atoms with Gasteiger partial charge in [0.05, 0.1) is 5.52 Å². The minimum atomic E-state index is -2.51. The van der Waals surface area contributed by atoms with E-state index >= 15 is 0 Å². The highest BCUT2D eigenvalue weighted by molar-refractivity contribution is 7.34. The fraction of sp³-hybridized carbons (Fsp3) is 0.286. The number of carboxylic acids is 1. The molecule has 2 unspecified atom stereocenters. The molecule has 1 aromatic heterocycles. The largest absolute Gasteiger partial charge is 0.575 e. The maximum Gasteiger partial charge on any atom is 0.395 e. The van der Waals surface area contributed by atoms with Crippen molar-refractivity contribution in [3.8, 4) is 5.75 Å². The lowest BCUT2D eigenvalue weighted by molar-refractivity contribution is -0.169. The Hall–Kier alpha value is -1.75. The molecule has 2 atom stereocenters. The number of aliphatic carboxylic acids is 1. The van der Waals surface area contributed by atoms with Gasteiger partial charge < -0.3 is 10.00 Å². The van der Waals surface area contributed by atoms with E-state index < -0.39 is 20.2 Å². The molecule has 0 saturated carbocycles. The van der Waals surface area contributed by atoms with Gasteiger partial charge in [-0.3, -0.25) is 4.52 Å². The molecule has 6 nitrogen and oxygen atoms in total. The first-order valence-corrected chi connectivity index (χ1v) is 8.03. The molecule has 116 valence electrons. The maximum absolute atomic E-state index is 12.0. The first-order chi connectivity index (χ1) is 10.4.